The van der Waals surface area contributed by atoms with Crippen LogP contribution < -0.4 is 10.6 Å². The summed E-state index contributed by atoms with van der Waals surface area (Å²) in [4.78, 5) is 23.0. The van der Waals surface area contributed by atoms with Gasteiger partial charge in [0.1, 0.15) is 5.60 Å². The Hall–Kier alpha value is -1.34. The van der Waals surface area contributed by atoms with Gasteiger partial charge in [0.15, 0.2) is 6.29 Å². The first-order chi connectivity index (χ1) is 10.9. The minimum Gasteiger partial charge on any atom is -0.444 e. The summed E-state index contributed by atoms with van der Waals surface area (Å²) < 4.78 is 16.1. The van der Waals surface area contributed by atoms with Gasteiger partial charge in [-0.3, -0.25) is 4.79 Å². The lowest BCUT2D eigenvalue weighted by Gasteiger charge is -2.22. The molecule has 0 bridgehead atoms. The molecule has 1 saturated heterocycles. The Morgan fingerprint density at radius 1 is 1.17 bits per heavy atom. The standard InChI is InChI=1S/C16H30N2O5/c1-16(2,3)23-15(20)18-10-8-13(19)17-9-6-12-22-14-7-4-5-11-21-14/h14H,4-12H2,1-3H3,(H,17,19)(H,18,20)/t14-/m1/s1. The number of amides is 2. The van der Waals surface area contributed by atoms with Gasteiger partial charge in [0.2, 0.25) is 5.91 Å². The maximum absolute atomic E-state index is 11.6. The molecule has 1 aliphatic rings. The van der Waals surface area contributed by atoms with Crippen LogP contribution >= 0.6 is 0 Å². The third kappa shape index (κ3) is 10.9. The van der Waals surface area contributed by atoms with E-state index in [2.05, 4.69) is 10.6 Å². The maximum Gasteiger partial charge on any atom is 0.407 e. The second kappa shape index (κ2) is 10.4. The third-order valence-electron chi connectivity index (χ3n) is 3.11. The number of hydrogen-bond donors (Lipinski definition) is 2. The molecular weight excluding hydrogens is 300 g/mol. The van der Waals surface area contributed by atoms with Gasteiger partial charge in [-0.1, -0.05) is 0 Å². The topological polar surface area (TPSA) is 85.9 Å². The molecule has 0 saturated carbocycles. The van der Waals surface area contributed by atoms with Crippen LogP contribution in [0.15, 0.2) is 0 Å². The highest BCUT2D eigenvalue weighted by Gasteiger charge is 2.16. The monoisotopic (exact) mass is 330 g/mol. The van der Waals surface area contributed by atoms with Crippen molar-refractivity contribution in [3.8, 4) is 0 Å². The zero-order chi connectivity index (χ0) is 17.1. The molecule has 1 atom stereocenters. The van der Waals surface area contributed by atoms with E-state index >= 15 is 0 Å². The molecule has 1 fully saturated rings. The lowest BCUT2D eigenvalue weighted by Crippen LogP contribution is -2.35. The summed E-state index contributed by atoms with van der Waals surface area (Å²) in [5.41, 5.74) is -0.533. The smallest absolute Gasteiger partial charge is 0.407 e. The number of carbonyl (C=O) groups is 2. The predicted octanol–water partition coefficient (Wildman–Crippen LogP) is 1.95. The van der Waals surface area contributed by atoms with Crippen molar-refractivity contribution in [3.05, 3.63) is 0 Å². The van der Waals surface area contributed by atoms with E-state index in [0.29, 0.717) is 13.2 Å². The number of carbonyl (C=O) groups excluding carboxylic acids is 2. The zero-order valence-electron chi connectivity index (χ0n) is 14.5. The van der Waals surface area contributed by atoms with E-state index in [-0.39, 0.29) is 25.2 Å². The predicted molar refractivity (Wildman–Crippen MR) is 86.0 cm³/mol. The van der Waals surface area contributed by atoms with Crippen molar-refractivity contribution >= 4 is 12.0 Å². The molecule has 23 heavy (non-hydrogen) atoms. The molecule has 1 heterocycles. The molecule has 134 valence electrons. The van der Waals surface area contributed by atoms with Crippen molar-refractivity contribution in [3.63, 3.8) is 0 Å². The molecule has 0 aliphatic carbocycles. The average molecular weight is 330 g/mol. The molecule has 0 aromatic carbocycles. The van der Waals surface area contributed by atoms with Crippen molar-refractivity contribution in [1.29, 1.82) is 0 Å². The van der Waals surface area contributed by atoms with Crippen LogP contribution in [-0.2, 0) is 19.0 Å². The molecule has 2 N–H and O–H groups in total. The molecule has 0 aromatic heterocycles. The van der Waals surface area contributed by atoms with Gasteiger partial charge in [0.25, 0.3) is 0 Å². The van der Waals surface area contributed by atoms with Crippen molar-refractivity contribution in [2.24, 2.45) is 0 Å². The van der Waals surface area contributed by atoms with Gasteiger partial charge in [0.05, 0.1) is 6.61 Å². The summed E-state index contributed by atoms with van der Waals surface area (Å²) in [5, 5.41) is 5.34. The summed E-state index contributed by atoms with van der Waals surface area (Å²) in [6.07, 6.45) is 3.57. The Labute approximate surface area is 138 Å². The van der Waals surface area contributed by atoms with Crippen LogP contribution in [0.3, 0.4) is 0 Å². The van der Waals surface area contributed by atoms with E-state index in [1.807, 2.05) is 0 Å². The Morgan fingerprint density at radius 3 is 2.61 bits per heavy atom. The van der Waals surface area contributed by atoms with Gasteiger partial charge in [-0.25, -0.2) is 4.79 Å². The molecule has 0 unspecified atom stereocenters. The Bertz CT molecular complexity index is 362. The molecule has 1 rings (SSSR count). The minimum atomic E-state index is -0.533. The first-order valence-electron chi connectivity index (χ1n) is 8.33. The Kier molecular flexibility index (Phi) is 8.94. The quantitative estimate of drug-likeness (QED) is 0.664. The minimum absolute atomic E-state index is 0.0857. The van der Waals surface area contributed by atoms with Gasteiger partial charge >= 0.3 is 6.09 Å². The zero-order valence-corrected chi connectivity index (χ0v) is 14.5. The van der Waals surface area contributed by atoms with Crippen LogP contribution in [0, 0.1) is 0 Å². The highest BCUT2D eigenvalue weighted by Crippen LogP contribution is 2.13. The average Bonchev–Trinajstić information content (AvgIpc) is 2.46. The number of rotatable bonds is 8. The molecule has 2 amide bonds. The molecule has 1 aliphatic heterocycles. The van der Waals surface area contributed by atoms with E-state index in [1.165, 1.54) is 0 Å². The molecule has 0 spiro atoms. The first kappa shape index (κ1) is 19.7. The van der Waals surface area contributed by atoms with Crippen LogP contribution in [0.25, 0.3) is 0 Å². The summed E-state index contributed by atoms with van der Waals surface area (Å²) in [6.45, 7) is 7.53. The van der Waals surface area contributed by atoms with Gasteiger partial charge in [-0.05, 0) is 46.5 Å². The summed E-state index contributed by atoms with van der Waals surface area (Å²) in [5.74, 6) is -0.102. The molecular formula is C16H30N2O5. The number of hydrogen-bond acceptors (Lipinski definition) is 5. The summed E-state index contributed by atoms with van der Waals surface area (Å²) in [7, 11) is 0. The van der Waals surface area contributed by atoms with Gasteiger partial charge in [-0.15, -0.1) is 0 Å². The second-order valence-corrected chi connectivity index (χ2v) is 6.55. The normalized spacial score (nSPS) is 18.3. The van der Waals surface area contributed by atoms with E-state index < -0.39 is 11.7 Å². The molecule has 0 radical (unpaired) electrons. The Balaban J connectivity index is 1.94. The number of ether oxygens (including phenoxy) is 3. The van der Waals surface area contributed by atoms with Crippen molar-refractivity contribution in [2.45, 2.75) is 64.8 Å². The third-order valence-corrected chi connectivity index (χ3v) is 3.11. The lowest BCUT2D eigenvalue weighted by molar-refractivity contribution is -0.162. The van der Waals surface area contributed by atoms with Crippen LogP contribution in [0.4, 0.5) is 4.79 Å². The van der Waals surface area contributed by atoms with E-state index in [9.17, 15) is 9.59 Å². The van der Waals surface area contributed by atoms with E-state index in [1.54, 1.807) is 20.8 Å². The molecule has 7 nitrogen and oxygen atoms in total. The van der Waals surface area contributed by atoms with Crippen LogP contribution in [0.2, 0.25) is 0 Å². The van der Waals surface area contributed by atoms with Crippen LogP contribution in [0.5, 0.6) is 0 Å². The van der Waals surface area contributed by atoms with Gasteiger partial charge in [0, 0.05) is 26.1 Å². The largest absolute Gasteiger partial charge is 0.444 e. The fourth-order valence-electron chi connectivity index (χ4n) is 2.04. The first-order valence-corrected chi connectivity index (χ1v) is 8.33. The Morgan fingerprint density at radius 2 is 1.96 bits per heavy atom. The van der Waals surface area contributed by atoms with Crippen molar-refractivity contribution in [2.75, 3.05) is 26.3 Å². The highest BCUT2D eigenvalue weighted by atomic mass is 16.7. The van der Waals surface area contributed by atoms with Crippen LogP contribution in [0.1, 0.15) is 52.9 Å². The summed E-state index contributed by atoms with van der Waals surface area (Å²) in [6, 6.07) is 0. The van der Waals surface area contributed by atoms with Gasteiger partial charge < -0.3 is 24.8 Å². The second-order valence-electron chi connectivity index (χ2n) is 6.55. The fraction of sp³-hybridized carbons (Fsp3) is 0.875. The molecule has 7 heteroatoms. The maximum atomic E-state index is 11.6. The van der Waals surface area contributed by atoms with E-state index in [4.69, 9.17) is 14.2 Å². The van der Waals surface area contributed by atoms with Crippen molar-refractivity contribution in [1.82, 2.24) is 10.6 Å². The number of nitrogens with one attached hydrogen (secondary N) is 2. The van der Waals surface area contributed by atoms with Crippen LogP contribution in [-0.4, -0.2) is 50.2 Å². The number of alkyl carbamates (subject to hydrolysis) is 1. The highest BCUT2D eigenvalue weighted by molar-refractivity contribution is 5.76. The van der Waals surface area contributed by atoms with E-state index in [0.717, 1.165) is 32.3 Å². The fourth-order valence-corrected chi connectivity index (χ4v) is 2.04. The van der Waals surface area contributed by atoms with Crippen molar-refractivity contribution < 1.29 is 23.8 Å². The molecule has 0 aromatic rings. The lowest BCUT2D eigenvalue weighted by atomic mass is 10.2. The summed E-state index contributed by atoms with van der Waals surface area (Å²) >= 11 is 0. The van der Waals surface area contributed by atoms with Gasteiger partial charge in [-0.2, -0.15) is 0 Å². The SMILES string of the molecule is CC(C)(C)OC(=O)NCCC(=O)NCCCO[C@@H]1CCCCO1.